The standard InChI is InChI=1S/C40H44N6O7S2/c1-52-27-16-19-30-32(21-27)42-35(34-15-10-20-54-34)37(43-30)53-28-22-33-36(47)44-40(39(49)45-55(50,51)29-17-18-29)23-25(40)11-6-3-2-4-9-14-31(38(48)46(33)24-28)41-26-12-7-5-8-13-26/h5-8,10-13,15-16,19-21,25,28-29,31,33,41H,2-4,9,14,17-18,22-24H2,1H3,(H,44,47)(H,45,49)/b11-6-/t25-,28+,31-,33-,40+/m0/s1. The zero-order valence-electron chi connectivity index (χ0n) is 30.5. The molecule has 5 atom stereocenters. The number of allylic oxidation sites excluding steroid dienone is 1. The molecule has 2 aromatic heterocycles. The number of rotatable bonds is 9. The molecule has 0 spiro atoms. The maximum atomic E-state index is 14.7. The number of nitrogens with one attached hydrogen (secondary N) is 3. The summed E-state index contributed by atoms with van der Waals surface area (Å²) < 4.78 is 40.1. The van der Waals surface area contributed by atoms with Crippen LogP contribution in [-0.4, -0.2) is 83.6 Å². The Bertz CT molecular complexity index is 2210. The van der Waals surface area contributed by atoms with E-state index < -0.39 is 50.8 Å². The van der Waals surface area contributed by atoms with Crippen LogP contribution >= 0.6 is 11.3 Å². The Morgan fingerprint density at radius 3 is 2.60 bits per heavy atom. The highest BCUT2D eigenvalue weighted by molar-refractivity contribution is 7.91. The van der Waals surface area contributed by atoms with Crippen LogP contribution in [0.25, 0.3) is 21.6 Å². The van der Waals surface area contributed by atoms with Gasteiger partial charge in [0.15, 0.2) is 0 Å². The molecule has 288 valence electrons. The maximum Gasteiger partial charge on any atom is 0.259 e. The van der Waals surface area contributed by atoms with Crippen molar-refractivity contribution < 1.29 is 32.3 Å². The summed E-state index contributed by atoms with van der Waals surface area (Å²) in [6, 6.07) is 17.1. The number of benzene rings is 2. The maximum absolute atomic E-state index is 14.7. The van der Waals surface area contributed by atoms with Crippen LogP contribution in [0.15, 0.2) is 78.2 Å². The molecule has 55 heavy (non-hydrogen) atoms. The third-order valence-electron chi connectivity index (χ3n) is 10.8. The lowest BCUT2D eigenvalue weighted by Crippen LogP contribution is -2.57. The lowest BCUT2D eigenvalue weighted by Gasteiger charge is -2.30. The molecule has 13 nitrogen and oxygen atoms in total. The Hall–Kier alpha value is -5.02. The van der Waals surface area contributed by atoms with Crippen molar-refractivity contribution in [2.24, 2.45) is 5.92 Å². The molecular weight excluding hydrogens is 741 g/mol. The third kappa shape index (κ3) is 7.90. The molecule has 0 bridgehead atoms. The first-order valence-corrected chi connectivity index (χ1v) is 21.3. The number of carbonyl (C=O) groups is 3. The van der Waals surface area contributed by atoms with Gasteiger partial charge in [0.25, 0.3) is 5.91 Å². The Morgan fingerprint density at radius 2 is 1.84 bits per heavy atom. The number of hydrogen-bond donors (Lipinski definition) is 3. The predicted octanol–water partition coefficient (Wildman–Crippen LogP) is 5.20. The topological polar surface area (TPSA) is 169 Å². The van der Waals surface area contributed by atoms with Crippen molar-refractivity contribution in [2.75, 3.05) is 19.0 Å². The summed E-state index contributed by atoms with van der Waals surface area (Å²) in [5.74, 6) is -1.03. The first-order chi connectivity index (χ1) is 26.6. The zero-order valence-corrected chi connectivity index (χ0v) is 32.1. The molecule has 2 saturated carbocycles. The second-order valence-corrected chi connectivity index (χ2v) is 17.7. The first-order valence-electron chi connectivity index (χ1n) is 18.9. The number of anilines is 1. The Balaban J connectivity index is 1.13. The van der Waals surface area contributed by atoms with Crippen LogP contribution in [0.3, 0.4) is 0 Å². The van der Waals surface area contributed by atoms with Crippen LogP contribution < -0.4 is 24.8 Å². The molecule has 3 amide bonds. The van der Waals surface area contributed by atoms with Gasteiger partial charge in [-0.2, -0.15) is 0 Å². The van der Waals surface area contributed by atoms with Gasteiger partial charge in [0, 0.05) is 24.1 Å². The average molecular weight is 785 g/mol. The minimum atomic E-state index is -3.87. The Morgan fingerprint density at radius 1 is 1.00 bits per heavy atom. The highest BCUT2D eigenvalue weighted by Gasteiger charge is 2.62. The number of sulfonamides is 1. The zero-order chi connectivity index (χ0) is 38.2. The summed E-state index contributed by atoms with van der Waals surface area (Å²) in [6.07, 6.45) is 8.46. The van der Waals surface area contributed by atoms with Crippen molar-refractivity contribution >= 4 is 55.8 Å². The fraction of sp³-hybridized carbons (Fsp3) is 0.425. The smallest absolute Gasteiger partial charge is 0.259 e. The number of thiophene rings is 1. The molecule has 4 aromatic rings. The van der Waals surface area contributed by atoms with Crippen LogP contribution in [0.2, 0.25) is 0 Å². The van der Waals surface area contributed by atoms with Crippen LogP contribution in [0.4, 0.5) is 5.69 Å². The van der Waals surface area contributed by atoms with Gasteiger partial charge in [-0.05, 0) is 74.2 Å². The van der Waals surface area contributed by atoms with Gasteiger partial charge in [0.05, 0.1) is 34.8 Å². The number of para-hydroxylation sites is 1. The molecular formula is C40H44N6O7S2. The van der Waals surface area contributed by atoms with E-state index in [9.17, 15) is 22.8 Å². The van der Waals surface area contributed by atoms with E-state index in [1.807, 2.05) is 60.0 Å². The largest absolute Gasteiger partial charge is 0.497 e. The van der Waals surface area contributed by atoms with Crippen molar-refractivity contribution in [3.8, 4) is 22.2 Å². The normalized spacial score (nSPS) is 26.5. The second kappa shape index (κ2) is 15.3. The molecule has 4 heterocycles. The predicted molar refractivity (Wildman–Crippen MR) is 209 cm³/mol. The van der Waals surface area contributed by atoms with Gasteiger partial charge in [-0.15, -0.1) is 11.3 Å². The molecule has 0 radical (unpaired) electrons. The molecule has 4 aliphatic rings. The highest BCUT2D eigenvalue weighted by atomic mass is 32.2. The van der Waals surface area contributed by atoms with Crippen molar-refractivity contribution in [3.05, 3.63) is 78.2 Å². The first kappa shape index (κ1) is 36.9. The van der Waals surface area contributed by atoms with E-state index in [1.54, 1.807) is 30.2 Å². The van der Waals surface area contributed by atoms with Crippen LogP contribution in [0.5, 0.6) is 11.6 Å². The Labute approximate surface area is 324 Å². The summed E-state index contributed by atoms with van der Waals surface area (Å²) in [7, 11) is -2.28. The fourth-order valence-electron chi connectivity index (χ4n) is 7.54. The summed E-state index contributed by atoms with van der Waals surface area (Å²) in [6.45, 7) is 0.0781. The van der Waals surface area contributed by atoms with E-state index in [0.717, 1.165) is 36.2 Å². The van der Waals surface area contributed by atoms with E-state index in [2.05, 4.69) is 15.4 Å². The molecule has 2 aliphatic heterocycles. The van der Waals surface area contributed by atoms with E-state index >= 15 is 0 Å². The fourth-order valence-corrected chi connectivity index (χ4v) is 9.61. The molecule has 0 unspecified atom stereocenters. The second-order valence-electron chi connectivity index (χ2n) is 14.8. The van der Waals surface area contributed by atoms with Crippen LogP contribution in [0.1, 0.15) is 57.8 Å². The van der Waals surface area contributed by atoms with Gasteiger partial charge < -0.3 is 25.0 Å². The number of nitrogens with zero attached hydrogens (tertiary/aromatic N) is 3. The lowest BCUT2D eigenvalue weighted by molar-refractivity contribution is -0.140. The molecule has 2 aromatic carbocycles. The summed E-state index contributed by atoms with van der Waals surface area (Å²) >= 11 is 1.49. The number of aromatic nitrogens is 2. The van der Waals surface area contributed by atoms with Crippen molar-refractivity contribution in [2.45, 2.75) is 86.8 Å². The van der Waals surface area contributed by atoms with Crippen molar-refractivity contribution in [3.63, 3.8) is 0 Å². The van der Waals surface area contributed by atoms with Crippen LogP contribution in [-0.2, 0) is 24.4 Å². The van der Waals surface area contributed by atoms with Gasteiger partial charge in [0.1, 0.15) is 35.2 Å². The van der Waals surface area contributed by atoms with Crippen molar-refractivity contribution in [1.29, 1.82) is 0 Å². The molecule has 3 N–H and O–H groups in total. The van der Waals surface area contributed by atoms with E-state index in [1.165, 1.54) is 11.3 Å². The number of hydrogen-bond acceptors (Lipinski definition) is 11. The van der Waals surface area contributed by atoms with Gasteiger partial charge in [-0.1, -0.05) is 49.3 Å². The lowest BCUT2D eigenvalue weighted by atomic mass is 10.0. The van der Waals surface area contributed by atoms with Gasteiger partial charge in [0.2, 0.25) is 27.7 Å². The average Bonchev–Trinajstić information content (AvgIpc) is 4.05. The molecule has 3 fully saturated rings. The monoisotopic (exact) mass is 784 g/mol. The van der Waals surface area contributed by atoms with Gasteiger partial charge in [-0.25, -0.2) is 18.4 Å². The molecule has 8 rings (SSSR count). The third-order valence-corrected chi connectivity index (χ3v) is 13.5. The summed E-state index contributed by atoms with van der Waals surface area (Å²) in [4.78, 5) is 55.2. The minimum absolute atomic E-state index is 0.0781. The highest BCUT2D eigenvalue weighted by Crippen LogP contribution is 2.46. The minimum Gasteiger partial charge on any atom is -0.497 e. The van der Waals surface area contributed by atoms with Gasteiger partial charge in [-0.3, -0.25) is 19.1 Å². The van der Waals surface area contributed by atoms with E-state index in [-0.39, 0.29) is 37.1 Å². The van der Waals surface area contributed by atoms with Gasteiger partial charge >= 0.3 is 0 Å². The van der Waals surface area contributed by atoms with Crippen LogP contribution in [0, 0.1) is 5.92 Å². The quantitative estimate of drug-likeness (QED) is 0.192. The summed E-state index contributed by atoms with van der Waals surface area (Å²) in [5, 5.41) is 7.71. The molecule has 15 heteroatoms. The van der Waals surface area contributed by atoms with Crippen molar-refractivity contribution in [1.82, 2.24) is 24.9 Å². The SMILES string of the molecule is COc1ccc2nc(O[C@@H]3C[C@H]4C(=O)N[C@]5(C(=O)NS(=O)(=O)C6CC6)C[C@@H]5/C=C\CCCCC[C@H](Nc5ccccc5)C(=O)N4C3)c(-c3cccs3)nc2c1. The Kier molecular flexibility index (Phi) is 10.2. The number of amides is 3. The number of ether oxygens (including phenoxy) is 2. The molecule has 2 aliphatic carbocycles. The summed E-state index contributed by atoms with van der Waals surface area (Å²) in [5.41, 5.74) is 1.07. The molecule has 1 saturated heterocycles. The number of methoxy groups -OCH3 is 1. The number of fused-ring (bicyclic) bond motifs is 3. The van der Waals surface area contributed by atoms with E-state index in [4.69, 9.17) is 19.4 Å². The van der Waals surface area contributed by atoms with E-state index in [0.29, 0.717) is 41.7 Å². The number of carbonyl (C=O) groups excluding carboxylic acids is 3.